The quantitative estimate of drug-likeness (QED) is 0.748. The molecule has 0 fully saturated rings. The first kappa shape index (κ1) is 17.5. The zero-order chi connectivity index (χ0) is 15.9. The summed E-state index contributed by atoms with van der Waals surface area (Å²) in [6.07, 6.45) is 0.550. The molecule has 0 saturated carbocycles. The van der Waals surface area contributed by atoms with Gasteiger partial charge in [-0.3, -0.25) is 4.79 Å². The van der Waals surface area contributed by atoms with Gasteiger partial charge in [-0.1, -0.05) is 26.0 Å². The number of carbonyl (C=O) groups excluding carboxylic acids is 1. The summed E-state index contributed by atoms with van der Waals surface area (Å²) in [6, 6.07) is 8.08. The summed E-state index contributed by atoms with van der Waals surface area (Å²) in [5.74, 6) is 1.09. The van der Waals surface area contributed by atoms with Gasteiger partial charge in [0.1, 0.15) is 11.3 Å². The summed E-state index contributed by atoms with van der Waals surface area (Å²) >= 11 is 0. The van der Waals surface area contributed by atoms with Crippen molar-refractivity contribution in [1.29, 1.82) is 0 Å². The SMILES string of the molecule is CCOC(=O)C(C)(CCOc1ccc(C(C)C)cc1)NC. The average Bonchev–Trinajstić information content (AvgIpc) is 2.47. The van der Waals surface area contributed by atoms with E-state index in [4.69, 9.17) is 9.47 Å². The van der Waals surface area contributed by atoms with Crippen molar-refractivity contribution in [2.45, 2.75) is 45.6 Å². The summed E-state index contributed by atoms with van der Waals surface area (Å²) < 4.78 is 10.8. The van der Waals surface area contributed by atoms with Crippen LogP contribution >= 0.6 is 0 Å². The minimum absolute atomic E-state index is 0.244. The van der Waals surface area contributed by atoms with Crippen molar-refractivity contribution in [2.24, 2.45) is 0 Å². The van der Waals surface area contributed by atoms with Gasteiger partial charge in [0.15, 0.2) is 0 Å². The van der Waals surface area contributed by atoms with Gasteiger partial charge < -0.3 is 14.8 Å². The molecule has 0 heterocycles. The number of benzene rings is 1. The third-order valence-electron chi connectivity index (χ3n) is 3.70. The first-order chi connectivity index (χ1) is 9.92. The van der Waals surface area contributed by atoms with Crippen molar-refractivity contribution in [1.82, 2.24) is 5.32 Å². The van der Waals surface area contributed by atoms with Crippen molar-refractivity contribution < 1.29 is 14.3 Å². The van der Waals surface area contributed by atoms with Gasteiger partial charge in [0, 0.05) is 6.42 Å². The van der Waals surface area contributed by atoms with Crippen LogP contribution in [0, 0.1) is 0 Å². The molecule has 0 aliphatic carbocycles. The topological polar surface area (TPSA) is 47.6 Å². The highest BCUT2D eigenvalue weighted by Crippen LogP contribution is 2.19. The van der Waals surface area contributed by atoms with E-state index < -0.39 is 5.54 Å². The lowest BCUT2D eigenvalue weighted by atomic mass is 9.99. The van der Waals surface area contributed by atoms with Crippen molar-refractivity contribution >= 4 is 5.97 Å². The van der Waals surface area contributed by atoms with E-state index in [1.54, 1.807) is 14.0 Å². The largest absolute Gasteiger partial charge is 0.494 e. The Morgan fingerprint density at radius 2 is 1.90 bits per heavy atom. The van der Waals surface area contributed by atoms with E-state index in [2.05, 4.69) is 31.3 Å². The Labute approximate surface area is 127 Å². The Bertz CT molecular complexity index is 442. The molecule has 0 radical (unpaired) electrons. The Morgan fingerprint density at radius 1 is 1.29 bits per heavy atom. The van der Waals surface area contributed by atoms with Crippen LogP contribution in [0.15, 0.2) is 24.3 Å². The molecule has 118 valence electrons. The maximum atomic E-state index is 11.9. The Kier molecular flexibility index (Phi) is 6.69. The van der Waals surface area contributed by atoms with Gasteiger partial charge in [-0.25, -0.2) is 0 Å². The van der Waals surface area contributed by atoms with E-state index in [0.29, 0.717) is 25.6 Å². The van der Waals surface area contributed by atoms with Gasteiger partial charge in [0.2, 0.25) is 0 Å². The van der Waals surface area contributed by atoms with Crippen LogP contribution in [0.1, 0.15) is 45.6 Å². The van der Waals surface area contributed by atoms with Crippen LogP contribution in [0.2, 0.25) is 0 Å². The molecule has 1 rings (SSSR count). The van der Waals surface area contributed by atoms with Gasteiger partial charge in [0.25, 0.3) is 0 Å². The number of hydrogen-bond donors (Lipinski definition) is 1. The van der Waals surface area contributed by atoms with Gasteiger partial charge >= 0.3 is 5.97 Å². The second-order valence-electron chi connectivity index (χ2n) is 5.62. The average molecular weight is 293 g/mol. The molecule has 0 amide bonds. The van der Waals surface area contributed by atoms with Crippen molar-refractivity contribution in [2.75, 3.05) is 20.3 Å². The van der Waals surface area contributed by atoms with Crippen LogP contribution in [-0.4, -0.2) is 31.8 Å². The Balaban J connectivity index is 2.52. The van der Waals surface area contributed by atoms with E-state index in [1.165, 1.54) is 5.56 Å². The second-order valence-corrected chi connectivity index (χ2v) is 5.62. The van der Waals surface area contributed by atoms with E-state index in [9.17, 15) is 4.79 Å². The molecule has 0 saturated heterocycles. The van der Waals surface area contributed by atoms with Crippen LogP contribution in [0.25, 0.3) is 0 Å². The summed E-state index contributed by atoms with van der Waals surface area (Å²) in [7, 11) is 1.76. The Morgan fingerprint density at radius 3 is 2.38 bits per heavy atom. The summed E-state index contributed by atoms with van der Waals surface area (Å²) in [5, 5.41) is 3.02. The highest BCUT2D eigenvalue weighted by Gasteiger charge is 2.32. The molecule has 0 aliphatic heterocycles. The number of esters is 1. The predicted octanol–water partition coefficient (Wildman–Crippen LogP) is 3.12. The minimum atomic E-state index is -0.714. The zero-order valence-corrected chi connectivity index (χ0v) is 13.7. The number of likely N-dealkylation sites (N-methyl/N-ethyl adjacent to an activating group) is 1. The van der Waals surface area contributed by atoms with Crippen LogP contribution < -0.4 is 10.1 Å². The van der Waals surface area contributed by atoms with Gasteiger partial charge in [-0.15, -0.1) is 0 Å². The van der Waals surface area contributed by atoms with Crippen LogP contribution in [-0.2, 0) is 9.53 Å². The number of rotatable bonds is 8. The van der Waals surface area contributed by atoms with E-state index in [0.717, 1.165) is 5.75 Å². The fourth-order valence-corrected chi connectivity index (χ4v) is 1.94. The normalized spacial score (nSPS) is 13.8. The van der Waals surface area contributed by atoms with Gasteiger partial charge in [0.05, 0.1) is 13.2 Å². The molecule has 4 heteroatoms. The molecule has 1 aromatic rings. The molecule has 0 bridgehead atoms. The standard InChI is InChI=1S/C17H27NO3/c1-6-20-16(19)17(4,18-5)11-12-21-15-9-7-14(8-10-15)13(2)3/h7-10,13,18H,6,11-12H2,1-5H3. The molecule has 0 spiro atoms. The first-order valence-corrected chi connectivity index (χ1v) is 7.52. The van der Waals surface area contributed by atoms with Crippen LogP contribution in [0.3, 0.4) is 0 Å². The smallest absolute Gasteiger partial charge is 0.326 e. The molecule has 0 aliphatic rings. The molecule has 0 aromatic heterocycles. The maximum Gasteiger partial charge on any atom is 0.326 e. The summed E-state index contributed by atoms with van der Waals surface area (Å²) in [5.41, 5.74) is 0.572. The lowest BCUT2D eigenvalue weighted by molar-refractivity contribution is -0.150. The third-order valence-corrected chi connectivity index (χ3v) is 3.70. The summed E-state index contributed by atoms with van der Waals surface area (Å²) in [4.78, 5) is 11.9. The molecule has 1 aromatic carbocycles. The lowest BCUT2D eigenvalue weighted by Gasteiger charge is -2.26. The van der Waals surface area contributed by atoms with Crippen molar-refractivity contribution in [3.63, 3.8) is 0 Å². The summed E-state index contributed by atoms with van der Waals surface area (Å²) in [6.45, 7) is 8.79. The predicted molar refractivity (Wildman–Crippen MR) is 84.7 cm³/mol. The van der Waals surface area contributed by atoms with E-state index in [1.807, 2.05) is 19.1 Å². The van der Waals surface area contributed by atoms with Crippen molar-refractivity contribution in [3.8, 4) is 5.75 Å². The monoisotopic (exact) mass is 293 g/mol. The highest BCUT2D eigenvalue weighted by molar-refractivity contribution is 5.80. The van der Waals surface area contributed by atoms with Gasteiger partial charge in [-0.2, -0.15) is 0 Å². The van der Waals surface area contributed by atoms with E-state index >= 15 is 0 Å². The molecule has 21 heavy (non-hydrogen) atoms. The second kappa shape index (κ2) is 8.03. The number of hydrogen-bond acceptors (Lipinski definition) is 4. The molecular weight excluding hydrogens is 266 g/mol. The fraction of sp³-hybridized carbons (Fsp3) is 0.588. The Hall–Kier alpha value is -1.55. The van der Waals surface area contributed by atoms with Crippen LogP contribution in [0.4, 0.5) is 0 Å². The molecule has 1 atom stereocenters. The molecule has 1 unspecified atom stereocenters. The number of carbonyl (C=O) groups is 1. The third kappa shape index (κ3) is 5.05. The minimum Gasteiger partial charge on any atom is -0.494 e. The zero-order valence-electron chi connectivity index (χ0n) is 13.7. The number of nitrogens with one attached hydrogen (secondary N) is 1. The lowest BCUT2D eigenvalue weighted by Crippen LogP contribution is -2.49. The highest BCUT2D eigenvalue weighted by atomic mass is 16.5. The van der Waals surface area contributed by atoms with Crippen molar-refractivity contribution in [3.05, 3.63) is 29.8 Å². The fourth-order valence-electron chi connectivity index (χ4n) is 1.94. The molecular formula is C17H27NO3. The van der Waals surface area contributed by atoms with E-state index in [-0.39, 0.29) is 5.97 Å². The maximum absolute atomic E-state index is 11.9. The van der Waals surface area contributed by atoms with Crippen LogP contribution in [0.5, 0.6) is 5.75 Å². The number of ether oxygens (including phenoxy) is 2. The molecule has 4 nitrogen and oxygen atoms in total. The molecule has 1 N–H and O–H groups in total. The first-order valence-electron chi connectivity index (χ1n) is 7.52. The van der Waals surface area contributed by atoms with Gasteiger partial charge in [-0.05, 0) is 44.5 Å².